The van der Waals surface area contributed by atoms with Crippen molar-refractivity contribution in [1.82, 2.24) is 4.57 Å². The van der Waals surface area contributed by atoms with Crippen LogP contribution in [0.15, 0.2) is 46.5 Å². The minimum Gasteiger partial charge on any atom is -0.409 e. The number of fused-ring (bicyclic) bond motifs is 1. The van der Waals surface area contributed by atoms with Gasteiger partial charge in [0.05, 0.1) is 12.1 Å². The number of oxime groups is 1. The zero-order chi connectivity index (χ0) is 14.8. The van der Waals surface area contributed by atoms with E-state index in [1.54, 1.807) is 22.9 Å². The fourth-order valence-corrected chi connectivity index (χ4v) is 2.83. The molecule has 0 atom stereocenters. The molecule has 1 aromatic carbocycles. The summed E-state index contributed by atoms with van der Waals surface area (Å²) in [6, 6.07) is 9.66. The van der Waals surface area contributed by atoms with Crippen molar-refractivity contribution in [2.75, 3.05) is 0 Å². The SMILES string of the molecule is N/C(=N/O)c1cccn(Cc2ccc3c(c2)CCC3)c1=O. The van der Waals surface area contributed by atoms with Crippen LogP contribution >= 0.6 is 0 Å². The summed E-state index contributed by atoms with van der Waals surface area (Å²) in [7, 11) is 0. The van der Waals surface area contributed by atoms with Crippen LogP contribution in [0.25, 0.3) is 0 Å². The van der Waals surface area contributed by atoms with Crippen LogP contribution in [0.2, 0.25) is 0 Å². The van der Waals surface area contributed by atoms with Crippen LogP contribution in [0.3, 0.4) is 0 Å². The molecule has 0 saturated carbocycles. The van der Waals surface area contributed by atoms with E-state index in [-0.39, 0.29) is 17.0 Å². The number of rotatable bonds is 3. The third-order valence-corrected chi connectivity index (χ3v) is 3.92. The van der Waals surface area contributed by atoms with E-state index in [1.165, 1.54) is 17.5 Å². The Balaban J connectivity index is 1.94. The Morgan fingerprint density at radius 3 is 2.90 bits per heavy atom. The Labute approximate surface area is 122 Å². The minimum atomic E-state index is -0.256. The fourth-order valence-electron chi connectivity index (χ4n) is 2.83. The van der Waals surface area contributed by atoms with Crippen LogP contribution in [-0.2, 0) is 19.4 Å². The highest BCUT2D eigenvalue weighted by atomic mass is 16.4. The lowest BCUT2D eigenvalue weighted by molar-refractivity contribution is 0.318. The van der Waals surface area contributed by atoms with Gasteiger partial charge in [0.25, 0.3) is 5.56 Å². The minimum absolute atomic E-state index is 0.164. The van der Waals surface area contributed by atoms with E-state index in [9.17, 15) is 4.79 Å². The van der Waals surface area contributed by atoms with Crippen molar-refractivity contribution in [2.24, 2.45) is 10.9 Å². The Hall–Kier alpha value is -2.56. The molecule has 1 aromatic heterocycles. The number of hydrogen-bond donors (Lipinski definition) is 2. The molecular weight excluding hydrogens is 266 g/mol. The smallest absolute Gasteiger partial charge is 0.261 e. The van der Waals surface area contributed by atoms with E-state index < -0.39 is 0 Å². The Morgan fingerprint density at radius 1 is 1.29 bits per heavy atom. The van der Waals surface area contributed by atoms with Gasteiger partial charge in [0, 0.05) is 6.20 Å². The van der Waals surface area contributed by atoms with Gasteiger partial charge in [0.2, 0.25) is 0 Å². The summed E-state index contributed by atoms with van der Waals surface area (Å²) in [5, 5.41) is 11.6. The first-order chi connectivity index (χ1) is 10.2. The molecule has 1 aliphatic carbocycles. The third-order valence-electron chi connectivity index (χ3n) is 3.92. The lowest BCUT2D eigenvalue weighted by atomic mass is 10.1. The third kappa shape index (κ3) is 2.54. The Bertz CT molecular complexity index is 762. The number of amidine groups is 1. The Morgan fingerprint density at radius 2 is 2.10 bits per heavy atom. The van der Waals surface area contributed by atoms with Crippen molar-refractivity contribution in [3.05, 3.63) is 69.1 Å². The molecule has 0 unspecified atom stereocenters. The highest BCUT2D eigenvalue weighted by molar-refractivity contribution is 5.96. The van der Waals surface area contributed by atoms with Gasteiger partial charge in [-0.15, -0.1) is 0 Å². The second kappa shape index (κ2) is 5.44. The maximum atomic E-state index is 12.3. The van der Waals surface area contributed by atoms with Crippen LogP contribution < -0.4 is 11.3 Å². The zero-order valence-corrected chi connectivity index (χ0v) is 11.6. The van der Waals surface area contributed by atoms with Crippen molar-refractivity contribution in [1.29, 1.82) is 0 Å². The molecule has 5 nitrogen and oxygen atoms in total. The number of aryl methyl sites for hydroxylation is 2. The predicted molar refractivity (Wildman–Crippen MR) is 80.8 cm³/mol. The highest BCUT2D eigenvalue weighted by Crippen LogP contribution is 2.23. The van der Waals surface area contributed by atoms with Gasteiger partial charge in [0.15, 0.2) is 5.84 Å². The van der Waals surface area contributed by atoms with Gasteiger partial charge in [-0.1, -0.05) is 23.4 Å². The average molecular weight is 283 g/mol. The lowest BCUT2D eigenvalue weighted by Crippen LogP contribution is -2.29. The summed E-state index contributed by atoms with van der Waals surface area (Å²) in [4.78, 5) is 12.3. The molecule has 3 N–H and O–H groups in total. The molecule has 1 aliphatic rings. The van der Waals surface area contributed by atoms with Gasteiger partial charge in [-0.05, 0) is 48.1 Å². The first kappa shape index (κ1) is 13.4. The van der Waals surface area contributed by atoms with Crippen molar-refractivity contribution < 1.29 is 5.21 Å². The quantitative estimate of drug-likeness (QED) is 0.387. The standard InChI is InChI=1S/C16H17N3O2/c17-15(18-21)14-5-2-8-19(16(14)20)10-11-6-7-12-3-1-4-13(12)9-11/h2,5-9,21H,1,3-4,10H2,(H2,17,18). The van der Waals surface area contributed by atoms with Crippen LogP contribution in [0.1, 0.15) is 28.7 Å². The summed E-state index contributed by atoms with van der Waals surface area (Å²) >= 11 is 0. The van der Waals surface area contributed by atoms with Gasteiger partial charge in [-0.2, -0.15) is 0 Å². The molecule has 0 fully saturated rings. The van der Waals surface area contributed by atoms with E-state index in [2.05, 4.69) is 23.4 Å². The molecule has 21 heavy (non-hydrogen) atoms. The molecule has 1 heterocycles. The van der Waals surface area contributed by atoms with Gasteiger partial charge >= 0.3 is 0 Å². The van der Waals surface area contributed by atoms with E-state index in [1.807, 2.05) is 0 Å². The molecule has 0 saturated heterocycles. The summed E-state index contributed by atoms with van der Waals surface area (Å²) in [6.45, 7) is 0.485. The normalized spacial score (nSPS) is 14.2. The molecule has 0 radical (unpaired) electrons. The molecular formula is C16H17N3O2. The largest absolute Gasteiger partial charge is 0.409 e. The molecule has 3 rings (SSSR count). The molecule has 0 bridgehead atoms. The summed E-state index contributed by atoms with van der Waals surface area (Å²) in [6.07, 6.45) is 5.18. The predicted octanol–water partition coefficient (Wildman–Crippen LogP) is 1.48. The van der Waals surface area contributed by atoms with Crippen molar-refractivity contribution in [3.8, 4) is 0 Å². The van der Waals surface area contributed by atoms with Gasteiger partial charge in [-0.25, -0.2) is 0 Å². The van der Waals surface area contributed by atoms with Crippen LogP contribution in [0, 0.1) is 0 Å². The van der Waals surface area contributed by atoms with E-state index >= 15 is 0 Å². The molecule has 0 amide bonds. The maximum absolute atomic E-state index is 12.3. The van der Waals surface area contributed by atoms with E-state index in [0.717, 1.165) is 18.4 Å². The average Bonchev–Trinajstić information content (AvgIpc) is 2.96. The summed E-state index contributed by atoms with van der Waals surface area (Å²) < 4.78 is 1.57. The van der Waals surface area contributed by atoms with Crippen LogP contribution in [0.4, 0.5) is 0 Å². The van der Waals surface area contributed by atoms with Crippen molar-refractivity contribution in [3.63, 3.8) is 0 Å². The number of pyridine rings is 1. The monoisotopic (exact) mass is 283 g/mol. The molecule has 2 aromatic rings. The topological polar surface area (TPSA) is 80.6 Å². The second-order valence-electron chi connectivity index (χ2n) is 5.30. The fraction of sp³-hybridized carbons (Fsp3) is 0.250. The number of nitrogens with two attached hydrogens (primary N) is 1. The summed E-state index contributed by atoms with van der Waals surface area (Å²) in [5.41, 5.74) is 9.36. The lowest BCUT2D eigenvalue weighted by Gasteiger charge is -2.09. The maximum Gasteiger partial charge on any atom is 0.261 e. The number of hydrogen-bond acceptors (Lipinski definition) is 3. The first-order valence-electron chi connectivity index (χ1n) is 6.97. The van der Waals surface area contributed by atoms with Gasteiger partial charge < -0.3 is 15.5 Å². The van der Waals surface area contributed by atoms with Crippen molar-refractivity contribution in [2.45, 2.75) is 25.8 Å². The van der Waals surface area contributed by atoms with Crippen molar-refractivity contribution >= 4 is 5.84 Å². The van der Waals surface area contributed by atoms with Gasteiger partial charge in [0.1, 0.15) is 0 Å². The van der Waals surface area contributed by atoms with E-state index in [0.29, 0.717) is 6.54 Å². The second-order valence-corrected chi connectivity index (χ2v) is 5.30. The molecule has 108 valence electrons. The van der Waals surface area contributed by atoms with Crippen LogP contribution in [-0.4, -0.2) is 15.6 Å². The zero-order valence-electron chi connectivity index (χ0n) is 11.6. The highest BCUT2D eigenvalue weighted by Gasteiger charge is 2.12. The summed E-state index contributed by atoms with van der Waals surface area (Å²) in [5.74, 6) is -0.164. The van der Waals surface area contributed by atoms with Crippen LogP contribution in [0.5, 0.6) is 0 Å². The molecule has 0 spiro atoms. The van der Waals surface area contributed by atoms with E-state index in [4.69, 9.17) is 10.9 Å². The first-order valence-corrected chi connectivity index (χ1v) is 6.97. The Kier molecular flexibility index (Phi) is 3.48. The molecule has 0 aliphatic heterocycles. The number of nitrogens with zero attached hydrogens (tertiary/aromatic N) is 2. The number of benzene rings is 1. The number of aromatic nitrogens is 1. The molecule has 5 heteroatoms. The van der Waals surface area contributed by atoms with Gasteiger partial charge in [-0.3, -0.25) is 4.79 Å².